The van der Waals surface area contributed by atoms with E-state index >= 15 is 0 Å². The molecule has 156 valence electrons. The summed E-state index contributed by atoms with van der Waals surface area (Å²) in [6.07, 6.45) is 0. The Morgan fingerprint density at radius 3 is 2.19 bits per heavy atom. The minimum atomic E-state index is -4.05. The van der Waals surface area contributed by atoms with Crippen LogP contribution in [0.15, 0.2) is 102 Å². The highest BCUT2D eigenvalue weighted by atomic mass is 32.2. The van der Waals surface area contributed by atoms with Crippen LogP contribution in [0.1, 0.15) is 0 Å². The van der Waals surface area contributed by atoms with Gasteiger partial charge in [-0.3, -0.25) is 9.10 Å². The van der Waals surface area contributed by atoms with E-state index in [1.165, 1.54) is 24.3 Å². The van der Waals surface area contributed by atoms with E-state index in [-0.39, 0.29) is 10.6 Å². The molecule has 4 aromatic carbocycles. The van der Waals surface area contributed by atoms with E-state index in [2.05, 4.69) is 5.32 Å². The zero-order valence-electron chi connectivity index (χ0n) is 16.4. The molecule has 4 aromatic rings. The second-order valence-electron chi connectivity index (χ2n) is 6.88. The number of nitrogens with one attached hydrogen (secondary N) is 1. The lowest BCUT2D eigenvalue weighted by Gasteiger charge is -2.24. The third-order valence-corrected chi connectivity index (χ3v) is 6.58. The first kappa shape index (κ1) is 20.6. The molecule has 0 radical (unpaired) electrons. The Kier molecular flexibility index (Phi) is 5.68. The molecule has 0 aliphatic rings. The Morgan fingerprint density at radius 1 is 0.806 bits per heavy atom. The van der Waals surface area contributed by atoms with Crippen LogP contribution in [0.5, 0.6) is 0 Å². The molecule has 7 heteroatoms. The van der Waals surface area contributed by atoms with Gasteiger partial charge in [0.2, 0.25) is 5.91 Å². The van der Waals surface area contributed by atoms with Crippen LogP contribution >= 0.6 is 0 Å². The molecule has 0 spiro atoms. The van der Waals surface area contributed by atoms with E-state index in [0.29, 0.717) is 5.69 Å². The zero-order chi connectivity index (χ0) is 21.8. The average Bonchev–Trinajstić information content (AvgIpc) is 2.79. The number of hydrogen-bond acceptors (Lipinski definition) is 3. The molecule has 31 heavy (non-hydrogen) atoms. The normalized spacial score (nSPS) is 11.3. The molecule has 1 amide bonds. The Labute approximate surface area is 179 Å². The number of nitrogens with zero attached hydrogens (tertiary/aromatic N) is 1. The van der Waals surface area contributed by atoms with Gasteiger partial charge in [-0.2, -0.15) is 0 Å². The first-order chi connectivity index (χ1) is 14.9. The van der Waals surface area contributed by atoms with Gasteiger partial charge in [0, 0.05) is 11.1 Å². The van der Waals surface area contributed by atoms with E-state index < -0.39 is 28.3 Å². The van der Waals surface area contributed by atoms with Crippen LogP contribution in [0.4, 0.5) is 15.8 Å². The molecular weight excluding hydrogens is 415 g/mol. The Morgan fingerprint density at radius 2 is 1.45 bits per heavy atom. The van der Waals surface area contributed by atoms with Gasteiger partial charge in [-0.15, -0.1) is 0 Å². The third-order valence-electron chi connectivity index (χ3n) is 4.80. The topological polar surface area (TPSA) is 66.5 Å². The monoisotopic (exact) mass is 434 g/mol. The number of rotatable bonds is 6. The molecule has 0 aromatic heterocycles. The van der Waals surface area contributed by atoms with Gasteiger partial charge >= 0.3 is 0 Å². The first-order valence-corrected chi connectivity index (χ1v) is 11.0. The van der Waals surface area contributed by atoms with Crippen molar-refractivity contribution in [3.63, 3.8) is 0 Å². The summed E-state index contributed by atoms with van der Waals surface area (Å²) in [5.41, 5.74) is 0.776. The quantitative estimate of drug-likeness (QED) is 0.473. The van der Waals surface area contributed by atoms with Gasteiger partial charge in [-0.1, -0.05) is 54.6 Å². The van der Waals surface area contributed by atoms with Crippen molar-refractivity contribution in [2.75, 3.05) is 16.2 Å². The third kappa shape index (κ3) is 4.41. The maximum Gasteiger partial charge on any atom is 0.264 e. The minimum Gasteiger partial charge on any atom is -0.324 e. The van der Waals surface area contributed by atoms with Crippen molar-refractivity contribution in [2.45, 2.75) is 4.90 Å². The van der Waals surface area contributed by atoms with Crippen LogP contribution < -0.4 is 9.62 Å². The van der Waals surface area contributed by atoms with Crippen molar-refractivity contribution in [1.82, 2.24) is 0 Å². The molecule has 1 N–H and O–H groups in total. The van der Waals surface area contributed by atoms with Crippen molar-refractivity contribution in [3.05, 3.63) is 103 Å². The maximum absolute atomic E-state index is 13.4. The molecule has 5 nitrogen and oxygen atoms in total. The summed E-state index contributed by atoms with van der Waals surface area (Å²) in [6, 6.07) is 25.9. The van der Waals surface area contributed by atoms with Crippen molar-refractivity contribution < 1.29 is 17.6 Å². The van der Waals surface area contributed by atoms with Crippen LogP contribution in [0, 0.1) is 5.82 Å². The molecule has 0 saturated carbocycles. The predicted octanol–water partition coefficient (Wildman–Crippen LogP) is 4.81. The van der Waals surface area contributed by atoms with Crippen molar-refractivity contribution >= 4 is 38.1 Å². The average molecular weight is 434 g/mol. The molecule has 0 heterocycles. The number of fused-ring (bicyclic) bond motifs is 1. The second kappa shape index (κ2) is 8.57. The van der Waals surface area contributed by atoms with Gasteiger partial charge in [-0.05, 0) is 47.9 Å². The standard InChI is InChI=1S/C24H19FN2O3S/c25-19-13-15-20(16-14-19)27(31(29,30)21-9-2-1-3-10-21)17-24(28)26-23-12-6-8-18-7-4-5-11-22(18)23/h1-16H,17H2,(H,26,28). The van der Waals surface area contributed by atoms with Crippen LogP contribution in [0.25, 0.3) is 10.8 Å². The van der Waals surface area contributed by atoms with E-state index in [0.717, 1.165) is 27.2 Å². The number of sulfonamides is 1. The van der Waals surface area contributed by atoms with Gasteiger partial charge in [0.05, 0.1) is 10.6 Å². The number of carbonyl (C=O) groups excluding carboxylic acids is 1. The molecule has 0 bridgehead atoms. The number of benzene rings is 4. The molecular formula is C24H19FN2O3S. The predicted molar refractivity (Wildman–Crippen MR) is 120 cm³/mol. The lowest BCUT2D eigenvalue weighted by Crippen LogP contribution is -2.38. The van der Waals surface area contributed by atoms with E-state index in [9.17, 15) is 17.6 Å². The number of anilines is 2. The minimum absolute atomic E-state index is 0.0392. The van der Waals surface area contributed by atoms with E-state index in [1.807, 2.05) is 36.4 Å². The summed E-state index contributed by atoms with van der Waals surface area (Å²) in [7, 11) is -4.05. The van der Waals surface area contributed by atoms with Gasteiger partial charge in [0.25, 0.3) is 10.0 Å². The Bertz CT molecular complexity index is 1320. The van der Waals surface area contributed by atoms with Gasteiger partial charge in [0.15, 0.2) is 0 Å². The lowest BCUT2D eigenvalue weighted by atomic mass is 10.1. The van der Waals surface area contributed by atoms with Crippen LogP contribution in [-0.2, 0) is 14.8 Å². The molecule has 0 saturated heterocycles. The SMILES string of the molecule is O=C(CN(c1ccc(F)cc1)S(=O)(=O)c1ccccc1)Nc1cccc2ccccc12. The smallest absolute Gasteiger partial charge is 0.264 e. The summed E-state index contributed by atoms with van der Waals surface area (Å²) in [5, 5.41) is 4.60. The number of halogens is 1. The van der Waals surface area contributed by atoms with Crippen molar-refractivity contribution in [2.24, 2.45) is 0 Å². The summed E-state index contributed by atoms with van der Waals surface area (Å²) in [5.74, 6) is -1.01. The van der Waals surface area contributed by atoms with E-state index in [4.69, 9.17) is 0 Å². The van der Waals surface area contributed by atoms with Crippen LogP contribution in [0.3, 0.4) is 0 Å². The highest BCUT2D eigenvalue weighted by Crippen LogP contribution is 2.26. The molecule has 0 atom stereocenters. The van der Waals surface area contributed by atoms with Gasteiger partial charge in [0.1, 0.15) is 12.4 Å². The number of carbonyl (C=O) groups is 1. The first-order valence-electron chi connectivity index (χ1n) is 9.56. The molecule has 0 aliphatic carbocycles. The molecule has 0 unspecified atom stereocenters. The van der Waals surface area contributed by atoms with Crippen molar-refractivity contribution in [1.29, 1.82) is 0 Å². The Balaban J connectivity index is 1.67. The molecule has 0 fully saturated rings. The highest BCUT2D eigenvalue weighted by Gasteiger charge is 2.27. The van der Waals surface area contributed by atoms with Crippen LogP contribution in [0.2, 0.25) is 0 Å². The fraction of sp³-hybridized carbons (Fsp3) is 0.0417. The van der Waals surface area contributed by atoms with Crippen molar-refractivity contribution in [3.8, 4) is 0 Å². The maximum atomic E-state index is 13.4. The zero-order valence-corrected chi connectivity index (χ0v) is 17.2. The van der Waals surface area contributed by atoms with Gasteiger partial charge in [-0.25, -0.2) is 12.8 Å². The molecule has 4 rings (SSSR count). The van der Waals surface area contributed by atoms with Crippen LogP contribution in [-0.4, -0.2) is 20.9 Å². The Hall–Kier alpha value is -3.71. The summed E-state index contributed by atoms with van der Waals surface area (Å²) in [4.78, 5) is 12.9. The molecule has 0 aliphatic heterocycles. The summed E-state index contributed by atoms with van der Waals surface area (Å²) < 4.78 is 40.9. The van der Waals surface area contributed by atoms with Gasteiger partial charge < -0.3 is 5.32 Å². The number of amides is 1. The van der Waals surface area contributed by atoms with E-state index in [1.54, 1.807) is 24.3 Å². The fourth-order valence-electron chi connectivity index (χ4n) is 3.30. The fourth-order valence-corrected chi connectivity index (χ4v) is 4.74. The second-order valence-corrected chi connectivity index (χ2v) is 8.74. The number of hydrogen-bond donors (Lipinski definition) is 1. The lowest BCUT2D eigenvalue weighted by molar-refractivity contribution is -0.114. The summed E-state index contributed by atoms with van der Waals surface area (Å²) in [6.45, 7) is -0.466. The largest absolute Gasteiger partial charge is 0.324 e. The highest BCUT2D eigenvalue weighted by molar-refractivity contribution is 7.92. The summed E-state index contributed by atoms with van der Waals surface area (Å²) >= 11 is 0.